The lowest BCUT2D eigenvalue weighted by atomic mass is 9.87. The van der Waals surface area contributed by atoms with Gasteiger partial charge in [0.25, 0.3) is 0 Å². The van der Waals surface area contributed by atoms with Crippen LogP contribution >= 0.6 is 0 Å². The fraction of sp³-hybridized carbons (Fsp3) is 0.517. The Morgan fingerprint density at radius 2 is 1.47 bits per heavy atom. The van der Waals surface area contributed by atoms with E-state index in [1.807, 2.05) is 88.4 Å². The lowest BCUT2D eigenvalue weighted by Crippen LogP contribution is -2.50. The minimum atomic E-state index is -0.908. The third kappa shape index (κ3) is 10.5. The van der Waals surface area contributed by atoms with E-state index in [2.05, 4.69) is 10.6 Å². The Bertz CT molecular complexity index is 905. The Kier molecular flexibility index (Phi) is 12.6. The molecule has 7 nitrogen and oxygen atoms in total. The summed E-state index contributed by atoms with van der Waals surface area (Å²) < 4.78 is 5.67. The van der Waals surface area contributed by atoms with Crippen molar-refractivity contribution in [3.63, 3.8) is 0 Å². The van der Waals surface area contributed by atoms with Crippen LogP contribution < -0.4 is 16.4 Å². The molecule has 2 rings (SSSR count). The molecule has 36 heavy (non-hydrogen) atoms. The molecule has 0 aromatic heterocycles. The third-order valence-corrected chi connectivity index (χ3v) is 6.20. The average molecular weight is 498 g/mol. The standard InChI is InChI=1S/C29H43N3O4/c1-20(2)15-26(29(35)31-17-22-11-7-5-8-12-22)32-28(34)24(21(3)4)16-27(33)25(30)19-36-18-23-13-9-6-10-14-23/h5-14,20-21,24-27,33H,15-19,30H2,1-4H3,(H,31,35)(H,32,34)/t24-,25-,26-,27-/m0/s1. The minimum Gasteiger partial charge on any atom is -0.391 e. The molecule has 0 aliphatic rings. The van der Waals surface area contributed by atoms with Crippen LogP contribution in [0.2, 0.25) is 0 Å². The quantitative estimate of drug-likeness (QED) is 0.301. The second-order valence-corrected chi connectivity index (χ2v) is 10.2. The molecule has 0 spiro atoms. The number of benzene rings is 2. The molecular formula is C29H43N3O4. The summed E-state index contributed by atoms with van der Waals surface area (Å²) >= 11 is 0. The molecule has 7 heteroatoms. The van der Waals surface area contributed by atoms with E-state index in [9.17, 15) is 14.7 Å². The number of nitrogens with two attached hydrogens (primary N) is 1. The Morgan fingerprint density at radius 3 is 2.03 bits per heavy atom. The van der Waals surface area contributed by atoms with Crippen molar-refractivity contribution in [2.24, 2.45) is 23.5 Å². The normalized spacial score (nSPS) is 14.8. The van der Waals surface area contributed by atoms with Crippen LogP contribution in [0.1, 0.15) is 51.7 Å². The van der Waals surface area contributed by atoms with E-state index in [0.717, 1.165) is 11.1 Å². The maximum atomic E-state index is 13.2. The lowest BCUT2D eigenvalue weighted by Gasteiger charge is -2.28. The van der Waals surface area contributed by atoms with Gasteiger partial charge in [-0.3, -0.25) is 9.59 Å². The fourth-order valence-corrected chi connectivity index (χ4v) is 4.01. The van der Waals surface area contributed by atoms with Crippen LogP contribution in [0.4, 0.5) is 0 Å². The zero-order valence-electron chi connectivity index (χ0n) is 22.0. The molecule has 0 saturated heterocycles. The van der Waals surface area contributed by atoms with Crippen LogP contribution in [0.3, 0.4) is 0 Å². The van der Waals surface area contributed by atoms with Gasteiger partial charge in [-0.25, -0.2) is 0 Å². The van der Waals surface area contributed by atoms with E-state index < -0.39 is 24.1 Å². The zero-order valence-corrected chi connectivity index (χ0v) is 22.0. The van der Waals surface area contributed by atoms with Crippen molar-refractivity contribution < 1.29 is 19.4 Å². The first-order chi connectivity index (χ1) is 17.2. The van der Waals surface area contributed by atoms with Crippen LogP contribution in [0.25, 0.3) is 0 Å². The van der Waals surface area contributed by atoms with E-state index in [0.29, 0.717) is 19.6 Å². The molecule has 0 fully saturated rings. The highest BCUT2D eigenvalue weighted by Gasteiger charge is 2.31. The summed E-state index contributed by atoms with van der Waals surface area (Å²) in [5, 5.41) is 16.6. The van der Waals surface area contributed by atoms with Gasteiger partial charge in [0.05, 0.1) is 25.4 Å². The molecule has 0 saturated carbocycles. The minimum absolute atomic E-state index is 0.0378. The van der Waals surface area contributed by atoms with Crippen molar-refractivity contribution in [1.82, 2.24) is 10.6 Å². The van der Waals surface area contributed by atoms with Crippen molar-refractivity contribution in [2.75, 3.05) is 6.61 Å². The molecule has 2 aromatic rings. The number of carbonyl (C=O) groups is 2. The van der Waals surface area contributed by atoms with Gasteiger partial charge in [-0.1, -0.05) is 88.4 Å². The molecule has 2 amide bonds. The van der Waals surface area contributed by atoms with Crippen LogP contribution in [0, 0.1) is 17.8 Å². The number of aliphatic hydroxyl groups excluding tert-OH is 1. The van der Waals surface area contributed by atoms with Gasteiger partial charge in [0.15, 0.2) is 0 Å². The lowest BCUT2D eigenvalue weighted by molar-refractivity contribution is -0.133. The maximum absolute atomic E-state index is 13.2. The van der Waals surface area contributed by atoms with Crippen molar-refractivity contribution in [3.8, 4) is 0 Å². The number of ether oxygens (including phenoxy) is 1. The molecule has 0 heterocycles. The summed E-state index contributed by atoms with van der Waals surface area (Å²) in [6.45, 7) is 8.88. The van der Waals surface area contributed by atoms with E-state index in [-0.39, 0.29) is 36.7 Å². The number of hydrogen-bond acceptors (Lipinski definition) is 5. The Morgan fingerprint density at radius 1 is 0.889 bits per heavy atom. The topological polar surface area (TPSA) is 114 Å². The average Bonchev–Trinajstić information content (AvgIpc) is 2.85. The third-order valence-electron chi connectivity index (χ3n) is 6.20. The molecule has 4 atom stereocenters. The summed E-state index contributed by atoms with van der Waals surface area (Å²) in [6, 6.07) is 18.1. The largest absolute Gasteiger partial charge is 0.391 e. The molecule has 2 aromatic carbocycles. The number of nitrogens with one attached hydrogen (secondary N) is 2. The van der Waals surface area contributed by atoms with Gasteiger partial charge in [0, 0.05) is 12.5 Å². The number of amides is 2. The highest BCUT2D eigenvalue weighted by Crippen LogP contribution is 2.20. The van der Waals surface area contributed by atoms with Gasteiger partial charge in [-0.2, -0.15) is 0 Å². The van der Waals surface area contributed by atoms with Crippen LogP contribution in [-0.2, 0) is 27.5 Å². The monoisotopic (exact) mass is 497 g/mol. The maximum Gasteiger partial charge on any atom is 0.242 e. The predicted octanol–water partition coefficient (Wildman–Crippen LogP) is 3.40. The molecule has 0 aliphatic carbocycles. The molecule has 5 N–H and O–H groups in total. The van der Waals surface area contributed by atoms with Gasteiger partial charge < -0.3 is 26.2 Å². The second-order valence-electron chi connectivity index (χ2n) is 10.2. The van der Waals surface area contributed by atoms with Crippen LogP contribution in [0.5, 0.6) is 0 Å². The number of rotatable bonds is 15. The van der Waals surface area contributed by atoms with E-state index in [1.165, 1.54) is 0 Å². The van der Waals surface area contributed by atoms with Gasteiger partial charge in [0.2, 0.25) is 11.8 Å². The number of carbonyl (C=O) groups excluding carboxylic acids is 2. The molecule has 0 aliphatic heterocycles. The smallest absolute Gasteiger partial charge is 0.242 e. The fourth-order valence-electron chi connectivity index (χ4n) is 4.01. The summed E-state index contributed by atoms with van der Waals surface area (Å²) in [7, 11) is 0. The van der Waals surface area contributed by atoms with E-state index in [1.54, 1.807) is 0 Å². The Balaban J connectivity index is 1.92. The molecule has 0 unspecified atom stereocenters. The molecule has 0 bridgehead atoms. The number of hydrogen-bond donors (Lipinski definition) is 4. The van der Waals surface area contributed by atoms with Gasteiger partial charge in [0.1, 0.15) is 6.04 Å². The number of aliphatic hydroxyl groups is 1. The van der Waals surface area contributed by atoms with Crippen molar-refractivity contribution >= 4 is 11.8 Å². The second kappa shape index (κ2) is 15.4. The van der Waals surface area contributed by atoms with Crippen molar-refractivity contribution in [2.45, 2.75) is 71.9 Å². The molecule has 198 valence electrons. The van der Waals surface area contributed by atoms with Crippen LogP contribution in [0.15, 0.2) is 60.7 Å². The highest BCUT2D eigenvalue weighted by atomic mass is 16.5. The first-order valence-electron chi connectivity index (χ1n) is 12.8. The first-order valence-corrected chi connectivity index (χ1v) is 12.8. The highest BCUT2D eigenvalue weighted by molar-refractivity contribution is 5.88. The van der Waals surface area contributed by atoms with E-state index in [4.69, 9.17) is 10.5 Å². The summed E-state index contributed by atoms with van der Waals surface area (Å²) in [5.74, 6) is -0.770. The first kappa shape index (κ1) is 29.5. The molecular weight excluding hydrogens is 454 g/mol. The van der Waals surface area contributed by atoms with Gasteiger partial charge in [-0.15, -0.1) is 0 Å². The zero-order chi connectivity index (χ0) is 26.5. The summed E-state index contributed by atoms with van der Waals surface area (Å²) in [5.41, 5.74) is 8.19. The summed E-state index contributed by atoms with van der Waals surface area (Å²) in [6.07, 6.45) is -0.194. The van der Waals surface area contributed by atoms with Gasteiger partial charge in [-0.05, 0) is 35.8 Å². The molecule has 0 radical (unpaired) electrons. The SMILES string of the molecule is CC(C)C[C@H](NC(=O)[C@@H](C[C@H](O)[C@@H](N)COCc1ccccc1)C(C)C)C(=O)NCc1ccccc1. The predicted molar refractivity (Wildman–Crippen MR) is 143 cm³/mol. The van der Waals surface area contributed by atoms with E-state index >= 15 is 0 Å². The summed E-state index contributed by atoms with van der Waals surface area (Å²) in [4.78, 5) is 26.2. The van der Waals surface area contributed by atoms with Crippen molar-refractivity contribution in [1.29, 1.82) is 0 Å². The van der Waals surface area contributed by atoms with Crippen LogP contribution in [-0.4, -0.2) is 41.7 Å². The Hall–Kier alpha value is -2.74. The van der Waals surface area contributed by atoms with Gasteiger partial charge >= 0.3 is 0 Å². The Labute approximate surface area is 215 Å². The van der Waals surface area contributed by atoms with Crippen molar-refractivity contribution in [3.05, 3.63) is 71.8 Å².